The van der Waals surface area contributed by atoms with E-state index >= 15 is 0 Å². The van der Waals surface area contributed by atoms with Crippen molar-refractivity contribution >= 4 is 11.8 Å². The Hall–Kier alpha value is -1.42. The zero-order chi connectivity index (χ0) is 20.1. The molecule has 1 fully saturated rings. The van der Waals surface area contributed by atoms with Gasteiger partial charge in [0.2, 0.25) is 0 Å². The number of carbonyl (C=O) groups is 2. The number of carbonyl (C=O) groups excluding carboxylic acids is 2. The maximum atomic E-state index is 12.2. The second-order valence-corrected chi connectivity index (χ2v) is 7.99. The molecule has 27 heavy (non-hydrogen) atoms. The number of ether oxygens (including phenoxy) is 1. The maximum Gasteiger partial charge on any atom is 0.302 e. The van der Waals surface area contributed by atoms with Crippen LogP contribution in [-0.4, -0.2) is 29.1 Å². The Labute approximate surface area is 165 Å². The Kier molecular flexibility index (Phi) is 11.3. The number of rotatable bonds is 13. The van der Waals surface area contributed by atoms with Crippen LogP contribution in [0.25, 0.3) is 0 Å². The molecule has 1 rings (SSSR count). The number of ketones is 1. The molecule has 0 aromatic carbocycles. The molecule has 0 aliphatic heterocycles. The number of Topliss-reactive ketones (excluding diaryl/α,β-unsaturated/α-hetero) is 1. The summed E-state index contributed by atoms with van der Waals surface area (Å²) in [6.45, 7) is 5.93. The predicted molar refractivity (Wildman–Crippen MR) is 109 cm³/mol. The van der Waals surface area contributed by atoms with Gasteiger partial charge in [0, 0.05) is 19.3 Å². The van der Waals surface area contributed by atoms with Gasteiger partial charge in [-0.1, -0.05) is 50.5 Å². The molecular weight excluding hydrogens is 340 g/mol. The smallest absolute Gasteiger partial charge is 0.302 e. The molecule has 1 aliphatic rings. The highest BCUT2D eigenvalue weighted by Gasteiger charge is 2.32. The highest BCUT2D eigenvalue weighted by molar-refractivity contribution is 5.83. The van der Waals surface area contributed by atoms with Crippen molar-refractivity contribution in [3.8, 4) is 0 Å². The quantitative estimate of drug-likeness (QED) is 0.273. The van der Waals surface area contributed by atoms with E-state index < -0.39 is 5.60 Å². The Morgan fingerprint density at radius 2 is 2.04 bits per heavy atom. The molecule has 4 nitrogen and oxygen atoms in total. The van der Waals surface area contributed by atoms with Crippen LogP contribution in [-0.2, 0) is 14.3 Å². The van der Waals surface area contributed by atoms with E-state index in [-0.39, 0.29) is 17.8 Å². The molecule has 0 bridgehead atoms. The van der Waals surface area contributed by atoms with E-state index in [9.17, 15) is 14.7 Å². The van der Waals surface area contributed by atoms with Crippen LogP contribution in [0.2, 0.25) is 0 Å². The molecule has 1 saturated carbocycles. The molecule has 0 amide bonds. The monoisotopic (exact) mass is 378 g/mol. The molecule has 0 aromatic heterocycles. The van der Waals surface area contributed by atoms with Crippen molar-refractivity contribution in [3.05, 3.63) is 24.3 Å². The van der Waals surface area contributed by atoms with Crippen molar-refractivity contribution in [1.29, 1.82) is 0 Å². The lowest BCUT2D eigenvalue weighted by molar-refractivity contribution is -0.141. The van der Waals surface area contributed by atoms with Gasteiger partial charge in [0.25, 0.3) is 0 Å². The van der Waals surface area contributed by atoms with Gasteiger partial charge in [-0.2, -0.15) is 0 Å². The molecule has 4 heteroatoms. The van der Waals surface area contributed by atoms with Crippen molar-refractivity contribution in [2.75, 3.05) is 6.61 Å². The van der Waals surface area contributed by atoms with E-state index in [0.29, 0.717) is 18.8 Å². The van der Waals surface area contributed by atoms with Gasteiger partial charge in [0.15, 0.2) is 0 Å². The molecule has 0 heterocycles. The van der Waals surface area contributed by atoms with Crippen molar-refractivity contribution < 1.29 is 19.4 Å². The van der Waals surface area contributed by atoms with Gasteiger partial charge in [-0.3, -0.25) is 9.59 Å². The Balaban J connectivity index is 2.37. The summed E-state index contributed by atoms with van der Waals surface area (Å²) >= 11 is 0. The molecule has 0 radical (unpaired) electrons. The minimum absolute atomic E-state index is 0.0463. The first-order chi connectivity index (χ1) is 12.9. The number of allylic oxidation sites excluding steroid dienone is 3. The summed E-state index contributed by atoms with van der Waals surface area (Å²) in [5.41, 5.74) is -0.775. The van der Waals surface area contributed by atoms with Gasteiger partial charge in [-0.05, 0) is 51.4 Å². The summed E-state index contributed by atoms with van der Waals surface area (Å²) in [6.07, 6.45) is 17.4. The Bertz CT molecular complexity index is 505. The van der Waals surface area contributed by atoms with Crippen LogP contribution in [0.5, 0.6) is 0 Å². The van der Waals surface area contributed by atoms with E-state index in [1.54, 1.807) is 0 Å². The molecule has 0 saturated heterocycles. The lowest BCUT2D eigenvalue weighted by Crippen LogP contribution is -2.21. The first-order valence-electron chi connectivity index (χ1n) is 10.6. The molecule has 3 atom stereocenters. The maximum absolute atomic E-state index is 12.2. The number of hydrogen-bond donors (Lipinski definition) is 1. The number of hydrogen-bond acceptors (Lipinski definition) is 4. The van der Waals surface area contributed by atoms with E-state index in [1.807, 2.05) is 13.0 Å². The van der Waals surface area contributed by atoms with Crippen molar-refractivity contribution in [1.82, 2.24) is 0 Å². The summed E-state index contributed by atoms with van der Waals surface area (Å²) in [4.78, 5) is 22.9. The fourth-order valence-corrected chi connectivity index (χ4v) is 3.56. The predicted octanol–water partition coefficient (Wildman–Crippen LogP) is 5.15. The molecule has 154 valence electrons. The molecule has 1 N–H and O–H groups in total. The summed E-state index contributed by atoms with van der Waals surface area (Å²) in [5.74, 6) is 0.400. The highest BCUT2D eigenvalue weighted by atomic mass is 16.5. The van der Waals surface area contributed by atoms with Crippen molar-refractivity contribution in [2.45, 2.75) is 90.6 Å². The highest BCUT2D eigenvalue weighted by Crippen LogP contribution is 2.33. The second kappa shape index (κ2) is 12.9. The zero-order valence-electron chi connectivity index (χ0n) is 17.4. The van der Waals surface area contributed by atoms with Gasteiger partial charge in [0.1, 0.15) is 5.78 Å². The molecule has 0 unspecified atom stereocenters. The van der Waals surface area contributed by atoms with Gasteiger partial charge in [0.05, 0.1) is 12.2 Å². The first kappa shape index (κ1) is 23.6. The summed E-state index contributed by atoms with van der Waals surface area (Å²) in [6, 6.07) is 0. The fourth-order valence-electron chi connectivity index (χ4n) is 3.56. The van der Waals surface area contributed by atoms with Crippen LogP contribution >= 0.6 is 0 Å². The van der Waals surface area contributed by atoms with Crippen molar-refractivity contribution in [2.24, 2.45) is 11.8 Å². The fraction of sp³-hybridized carbons (Fsp3) is 0.739. The lowest BCUT2D eigenvalue weighted by atomic mass is 9.89. The van der Waals surface area contributed by atoms with E-state index in [1.165, 1.54) is 6.92 Å². The van der Waals surface area contributed by atoms with Gasteiger partial charge < -0.3 is 9.84 Å². The minimum atomic E-state index is -0.775. The second-order valence-electron chi connectivity index (χ2n) is 7.99. The normalized spacial score (nSPS) is 22.6. The molecule has 0 aromatic rings. The molecule has 0 spiro atoms. The third kappa shape index (κ3) is 10.5. The third-order valence-electron chi connectivity index (χ3n) is 5.27. The average Bonchev–Trinajstić information content (AvgIpc) is 2.95. The van der Waals surface area contributed by atoms with E-state index in [2.05, 4.69) is 25.2 Å². The third-order valence-corrected chi connectivity index (χ3v) is 5.27. The summed E-state index contributed by atoms with van der Waals surface area (Å²) in [7, 11) is 0. The summed E-state index contributed by atoms with van der Waals surface area (Å²) < 4.78 is 4.91. The first-order valence-corrected chi connectivity index (χ1v) is 10.6. The summed E-state index contributed by atoms with van der Waals surface area (Å²) in [5, 5.41) is 10.5. The Morgan fingerprint density at radius 3 is 2.74 bits per heavy atom. The zero-order valence-corrected chi connectivity index (χ0v) is 17.4. The molecular formula is C23H38O4. The van der Waals surface area contributed by atoms with Crippen molar-refractivity contribution in [3.63, 3.8) is 0 Å². The minimum Gasteiger partial charge on any atom is -0.466 e. The number of unbranched alkanes of at least 4 members (excludes halogenated alkanes) is 4. The van der Waals surface area contributed by atoms with Crippen LogP contribution in [0.1, 0.15) is 85.0 Å². The van der Waals surface area contributed by atoms with Gasteiger partial charge in [-0.15, -0.1) is 0 Å². The van der Waals surface area contributed by atoms with Crippen LogP contribution in [0.15, 0.2) is 24.3 Å². The average molecular weight is 379 g/mol. The van der Waals surface area contributed by atoms with E-state index in [0.717, 1.165) is 57.8 Å². The van der Waals surface area contributed by atoms with Crippen LogP contribution in [0, 0.1) is 11.8 Å². The molecule has 1 aliphatic carbocycles. The number of aliphatic hydroxyl groups is 1. The standard InChI is InChI=1S/C23H38O4/c1-4-5-10-16-23(3,26)17-15-20-13-14-22(25)21(20)12-9-7-6-8-11-18-27-19(2)24/h7,9,15,17,20-21,26H,4-6,8,10-14,16,18H2,1-3H3/t20-,21-,23+/m1/s1. The van der Waals surface area contributed by atoms with E-state index in [4.69, 9.17) is 4.74 Å². The van der Waals surface area contributed by atoms with Crippen LogP contribution in [0.4, 0.5) is 0 Å². The van der Waals surface area contributed by atoms with Crippen LogP contribution < -0.4 is 0 Å². The largest absolute Gasteiger partial charge is 0.466 e. The van der Waals surface area contributed by atoms with Crippen LogP contribution in [0.3, 0.4) is 0 Å². The SMILES string of the molecule is CCCCC[C@](C)(O)C=C[C@H]1CCC(=O)[C@@H]1CC=CCCCCOC(C)=O. The Morgan fingerprint density at radius 1 is 1.26 bits per heavy atom. The number of esters is 1. The lowest BCUT2D eigenvalue weighted by Gasteiger charge is -2.20. The topological polar surface area (TPSA) is 63.6 Å². The van der Waals surface area contributed by atoms with Gasteiger partial charge >= 0.3 is 5.97 Å². The van der Waals surface area contributed by atoms with Gasteiger partial charge in [-0.25, -0.2) is 0 Å².